The van der Waals surface area contributed by atoms with Crippen LogP contribution in [0.1, 0.15) is 10.6 Å². The Bertz CT molecular complexity index is 877. The van der Waals surface area contributed by atoms with Crippen molar-refractivity contribution >= 4 is 23.2 Å². The van der Waals surface area contributed by atoms with E-state index in [0.717, 1.165) is 6.07 Å². The molecule has 1 heterocycles. The van der Waals surface area contributed by atoms with Gasteiger partial charge in [0.2, 0.25) is 0 Å². The molecule has 1 aromatic heterocycles. The maximum Gasteiger partial charge on any atom is 0.291 e. The number of amides is 1. The van der Waals surface area contributed by atoms with Gasteiger partial charge in [0.05, 0.1) is 11.3 Å². The van der Waals surface area contributed by atoms with Crippen molar-refractivity contribution in [3.8, 4) is 11.3 Å². The van der Waals surface area contributed by atoms with E-state index in [1.54, 1.807) is 12.1 Å². The van der Waals surface area contributed by atoms with E-state index in [2.05, 4.69) is 5.32 Å². The smallest absolute Gasteiger partial charge is 0.291 e. The van der Waals surface area contributed by atoms with E-state index in [-0.39, 0.29) is 27.8 Å². The molecule has 3 aromatic rings. The Hall–Kier alpha value is -2.66. The molecule has 0 aliphatic carbocycles. The molecule has 0 bridgehead atoms. The summed E-state index contributed by atoms with van der Waals surface area (Å²) in [6.45, 7) is 0. The number of anilines is 1. The Morgan fingerprint density at radius 2 is 1.78 bits per heavy atom. The van der Waals surface area contributed by atoms with Gasteiger partial charge in [-0.05, 0) is 42.5 Å². The molecule has 6 heteroatoms. The highest BCUT2D eigenvalue weighted by atomic mass is 35.5. The van der Waals surface area contributed by atoms with E-state index < -0.39 is 17.5 Å². The summed E-state index contributed by atoms with van der Waals surface area (Å²) in [7, 11) is 0. The summed E-state index contributed by atoms with van der Waals surface area (Å²) in [6.07, 6.45) is 0. The zero-order valence-corrected chi connectivity index (χ0v) is 12.4. The molecular weight excluding hydrogens is 324 g/mol. The van der Waals surface area contributed by atoms with Crippen LogP contribution in [0.15, 0.2) is 59.0 Å². The monoisotopic (exact) mass is 333 g/mol. The molecule has 1 amide bonds. The number of nitrogens with one attached hydrogen (secondary N) is 1. The third-order valence-electron chi connectivity index (χ3n) is 3.15. The zero-order chi connectivity index (χ0) is 16.4. The van der Waals surface area contributed by atoms with Gasteiger partial charge < -0.3 is 9.73 Å². The largest absolute Gasteiger partial charge is 0.451 e. The van der Waals surface area contributed by atoms with Crippen LogP contribution in [0.5, 0.6) is 0 Å². The maximum absolute atomic E-state index is 13.7. The first-order valence-corrected chi connectivity index (χ1v) is 7.03. The molecule has 0 fully saturated rings. The van der Waals surface area contributed by atoms with Gasteiger partial charge in [0, 0.05) is 5.02 Å². The van der Waals surface area contributed by atoms with E-state index in [1.807, 2.05) is 0 Å². The summed E-state index contributed by atoms with van der Waals surface area (Å²) in [6, 6.07) is 12.8. The molecule has 0 aliphatic heterocycles. The van der Waals surface area contributed by atoms with E-state index in [9.17, 15) is 13.6 Å². The van der Waals surface area contributed by atoms with Crippen LogP contribution in [-0.4, -0.2) is 5.91 Å². The van der Waals surface area contributed by atoms with Crippen molar-refractivity contribution in [2.24, 2.45) is 0 Å². The molecule has 0 radical (unpaired) electrons. The molecule has 3 rings (SSSR count). The number of rotatable bonds is 3. The van der Waals surface area contributed by atoms with Gasteiger partial charge in [0.25, 0.3) is 5.91 Å². The fourth-order valence-corrected chi connectivity index (χ4v) is 2.20. The number of furan rings is 1. The first-order valence-electron chi connectivity index (χ1n) is 6.66. The first-order chi connectivity index (χ1) is 11.0. The predicted octanol–water partition coefficient (Wildman–Crippen LogP) is 5.13. The van der Waals surface area contributed by atoms with Crippen molar-refractivity contribution in [2.45, 2.75) is 0 Å². The third kappa shape index (κ3) is 3.24. The topological polar surface area (TPSA) is 42.2 Å². The molecule has 0 saturated carbocycles. The predicted molar refractivity (Wildman–Crippen MR) is 83.5 cm³/mol. The molecule has 0 atom stereocenters. The highest BCUT2D eigenvalue weighted by Gasteiger charge is 2.15. The Morgan fingerprint density at radius 3 is 2.52 bits per heavy atom. The zero-order valence-electron chi connectivity index (χ0n) is 11.6. The minimum Gasteiger partial charge on any atom is -0.451 e. The van der Waals surface area contributed by atoms with Crippen LogP contribution in [0.2, 0.25) is 5.02 Å². The number of halogens is 3. The molecule has 116 valence electrons. The van der Waals surface area contributed by atoms with Gasteiger partial charge in [-0.15, -0.1) is 0 Å². The lowest BCUT2D eigenvalue weighted by Gasteiger charge is -2.05. The summed E-state index contributed by atoms with van der Waals surface area (Å²) in [5.74, 6) is -1.61. The molecule has 0 aliphatic rings. The van der Waals surface area contributed by atoms with Crippen LogP contribution in [0.4, 0.5) is 14.5 Å². The van der Waals surface area contributed by atoms with Gasteiger partial charge in [0.15, 0.2) is 5.76 Å². The van der Waals surface area contributed by atoms with Crippen LogP contribution in [0.25, 0.3) is 11.3 Å². The molecule has 2 aromatic carbocycles. The summed E-state index contributed by atoms with van der Waals surface area (Å²) in [5.41, 5.74) is 0.215. The summed E-state index contributed by atoms with van der Waals surface area (Å²) >= 11 is 5.65. The van der Waals surface area contributed by atoms with Crippen molar-refractivity contribution in [1.82, 2.24) is 0 Å². The lowest BCUT2D eigenvalue weighted by molar-refractivity contribution is 0.0997. The fraction of sp³-hybridized carbons (Fsp3) is 0. The van der Waals surface area contributed by atoms with Crippen LogP contribution >= 0.6 is 11.6 Å². The Morgan fingerprint density at radius 1 is 1.00 bits per heavy atom. The third-order valence-corrected chi connectivity index (χ3v) is 3.38. The van der Waals surface area contributed by atoms with E-state index in [4.69, 9.17) is 16.0 Å². The summed E-state index contributed by atoms with van der Waals surface area (Å²) in [4.78, 5) is 12.1. The lowest BCUT2D eigenvalue weighted by atomic mass is 10.1. The quantitative estimate of drug-likeness (QED) is 0.722. The van der Waals surface area contributed by atoms with Crippen molar-refractivity contribution < 1.29 is 18.0 Å². The van der Waals surface area contributed by atoms with Gasteiger partial charge in [-0.2, -0.15) is 0 Å². The normalized spacial score (nSPS) is 10.6. The lowest BCUT2D eigenvalue weighted by Crippen LogP contribution is -2.12. The number of hydrogen-bond donors (Lipinski definition) is 1. The van der Waals surface area contributed by atoms with Crippen molar-refractivity contribution in [3.05, 3.63) is 77.0 Å². The highest BCUT2D eigenvalue weighted by molar-refractivity contribution is 6.30. The SMILES string of the molecule is O=C(Nc1ccc(Cl)cc1F)c1ccc(-c2ccccc2F)o1. The van der Waals surface area contributed by atoms with Gasteiger partial charge in [-0.1, -0.05) is 23.7 Å². The van der Waals surface area contributed by atoms with Gasteiger partial charge >= 0.3 is 0 Å². The van der Waals surface area contributed by atoms with Crippen LogP contribution < -0.4 is 5.32 Å². The average Bonchev–Trinajstić information content (AvgIpc) is 3.00. The maximum atomic E-state index is 13.7. The number of carbonyl (C=O) groups excluding carboxylic acids is 1. The Balaban J connectivity index is 1.83. The van der Waals surface area contributed by atoms with Crippen molar-refractivity contribution in [3.63, 3.8) is 0 Å². The van der Waals surface area contributed by atoms with Gasteiger partial charge in [-0.3, -0.25) is 4.79 Å². The summed E-state index contributed by atoms with van der Waals surface area (Å²) in [5, 5.41) is 2.60. The minimum atomic E-state index is -0.660. The fourth-order valence-electron chi connectivity index (χ4n) is 2.04. The molecule has 0 spiro atoms. The second-order valence-electron chi connectivity index (χ2n) is 4.72. The molecule has 0 unspecified atom stereocenters. The second kappa shape index (κ2) is 6.22. The van der Waals surface area contributed by atoms with E-state index in [1.165, 1.54) is 36.4 Å². The van der Waals surface area contributed by atoms with Crippen LogP contribution in [-0.2, 0) is 0 Å². The first kappa shape index (κ1) is 15.2. The molecule has 3 nitrogen and oxygen atoms in total. The summed E-state index contributed by atoms with van der Waals surface area (Å²) < 4.78 is 32.7. The van der Waals surface area contributed by atoms with Crippen LogP contribution in [0.3, 0.4) is 0 Å². The minimum absolute atomic E-state index is 0.0248. The van der Waals surface area contributed by atoms with Gasteiger partial charge in [-0.25, -0.2) is 8.78 Å². The molecule has 0 saturated heterocycles. The van der Waals surface area contributed by atoms with Crippen LogP contribution in [0, 0.1) is 11.6 Å². The highest BCUT2D eigenvalue weighted by Crippen LogP contribution is 2.25. The van der Waals surface area contributed by atoms with Gasteiger partial charge in [0.1, 0.15) is 17.4 Å². The van der Waals surface area contributed by atoms with Crippen molar-refractivity contribution in [1.29, 1.82) is 0 Å². The Kier molecular flexibility index (Phi) is 4.12. The van der Waals surface area contributed by atoms with E-state index in [0.29, 0.717) is 0 Å². The van der Waals surface area contributed by atoms with Crippen molar-refractivity contribution in [2.75, 3.05) is 5.32 Å². The molecular formula is C17H10ClF2NO2. The number of benzene rings is 2. The Labute approximate surface area is 135 Å². The van der Waals surface area contributed by atoms with E-state index >= 15 is 0 Å². The number of carbonyl (C=O) groups is 1. The molecule has 1 N–H and O–H groups in total. The molecule has 23 heavy (non-hydrogen) atoms. The average molecular weight is 334 g/mol. The number of hydrogen-bond acceptors (Lipinski definition) is 2. The standard InChI is InChI=1S/C17H10ClF2NO2/c18-10-5-6-14(13(20)9-10)21-17(22)16-8-7-15(23-16)11-3-1-2-4-12(11)19/h1-9H,(H,21,22). The second-order valence-corrected chi connectivity index (χ2v) is 5.16.